The first-order chi connectivity index (χ1) is 11.7. The Hall–Kier alpha value is -0.0800. The zero-order valence-electron chi connectivity index (χ0n) is 16.4. The molecule has 2 saturated carbocycles. The first kappa shape index (κ1) is 20.2. The van der Waals surface area contributed by atoms with Gasteiger partial charge in [0.1, 0.15) is 0 Å². The van der Waals surface area contributed by atoms with Crippen molar-refractivity contribution in [2.75, 3.05) is 0 Å². The SMILES string of the molecule is CCCCCCCCCC(C1CCC(N)CC1)C1CCC(N)CC1. The number of hydrogen-bond acceptors (Lipinski definition) is 2. The molecule has 2 nitrogen and oxygen atoms in total. The van der Waals surface area contributed by atoms with E-state index in [1.54, 1.807) is 0 Å². The van der Waals surface area contributed by atoms with Crippen LogP contribution in [0, 0.1) is 17.8 Å². The van der Waals surface area contributed by atoms with Crippen molar-refractivity contribution < 1.29 is 0 Å². The van der Waals surface area contributed by atoms with Crippen LogP contribution in [0.5, 0.6) is 0 Å². The van der Waals surface area contributed by atoms with E-state index in [1.165, 1.54) is 103 Å². The molecule has 0 radical (unpaired) electrons. The molecule has 0 aromatic carbocycles. The fourth-order valence-electron chi connectivity index (χ4n) is 5.34. The van der Waals surface area contributed by atoms with Crippen LogP contribution in [0.1, 0.15) is 110 Å². The second kappa shape index (κ2) is 11.5. The highest BCUT2D eigenvalue weighted by molar-refractivity contribution is 4.86. The Bertz CT molecular complexity index is 279. The molecule has 0 bridgehead atoms. The molecule has 2 aliphatic carbocycles. The first-order valence-corrected chi connectivity index (χ1v) is 11.2. The van der Waals surface area contributed by atoms with Crippen molar-refractivity contribution >= 4 is 0 Å². The Balaban J connectivity index is 1.75. The van der Waals surface area contributed by atoms with E-state index in [0.717, 1.165) is 17.8 Å². The van der Waals surface area contributed by atoms with Crippen LogP contribution in [0.15, 0.2) is 0 Å². The summed E-state index contributed by atoms with van der Waals surface area (Å²) < 4.78 is 0. The summed E-state index contributed by atoms with van der Waals surface area (Å²) in [4.78, 5) is 0. The van der Waals surface area contributed by atoms with Gasteiger partial charge in [-0.3, -0.25) is 0 Å². The van der Waals surface area contributed by atoms with Gasteiger partial charge >= 0.3 is 0 Å². The molecule has 0 saturated heterocycles. The van der Waals surface area contributed by atoms with Gasteiger partial charge in [-0.15, -0.1) is 0 Å². The van der Waals surface area contributed by atoms with Crippen LogP contribution < -0.4 is 11.5 Å². The van der Waals surface area contributed by atoms with E-state index in [-0.39, 0.29) is 0 Å². The van der Waals surface area contributed by atoms with Gasteiger partial charge in [-0.2, -0.15) is 0 Å². The Morgan fingerprint density at radius 2 is 1.04 bits per heavy atom. The predicted octanol–water partition coefficient (Wildman–Crippen LogP) is 5.78. The summed E-state index contributed by atoms with van der Waals surface area (Å²) in [6, 6.07) is 0.973. The lowest BCUT2D eigenvalue weighted by Crippen LogP contribution is -2.35. The first-order valence-electron chi connectivity index (χ1n) is 11.2. The summed E-state index contributed by atoms with van der Waals surface area (Å²) in [6.45, 7) is 2.30. The Morgan fingerprint density at radius 1 is 0.625 bits per heavy atom. The molecular formula is C22H44N2. The van der Waals surface area contributed by atoms with Crippen molar-refractivity contribution in [2.24, 2.45) is 29.2 Å². The van der Waals surface area contributed by atoms with Gasteiger partial charge in [0.05, 0.1) is 0 Å². The predicted molar refractivity (Wildman–Crippen MR) is 106 cm³/mol. The van der Waals surface area contributed by atoms with Crippen LogP contribution >= 0.6 is 0 Å². The van der Waals surface area contributed by atoms with Crippen LogP contribution in [0.25, 0.3) is 0 Å². The van der Waals surface area contributed by atoms with E-state index >= 15 is 0 Å². The third-order valence-corrected chi connectivity index (χ3v) is 6.99. The summed E-state index contributed by atoms with van der Waals surface area (Å²) in [5, 5.41) is 0. The molecule has 2 rings (SSSR count). The van der Waals surface area contributed by atoms with E-state index < -0.39 is 0 Å². The van der Waals surface area contributed by atoms with Gasteiger partial charge in [0, 0.05) is 12.1 Å². The summed E-state index contributed by atoms with van der Waals surface area (Å²) >= 11 is 0. The minimum absolute atomic E-state index is 0.486. The molecule has 2 aliphatic rings. The lowest BCUT2D eigenvalue weighted by molar-refractivity contribution is 0.122. The number of hydrogen-bond donors (Lipinski definition) is 2. The third kappa shape index (κ3) is 7.04. The van der Waals surface area contributed by atoms with Gasteiger partial charge in [-0.25, -0.2) is 0 Å². The molecule has 0 aliphatic heterocycles. The van der Waals surface area contributed by atoms with Gasteiger partial charge in [-0.1, -0.05) is 51.9 Å². The van der Waals surface area contributed by atoms with Gasteiger partial charge in [0.15, 0.2) is 0 Å². The van der Waals surface area contributed by atoms with Crippen LogP contribution in [-0.2, 0) is 0 Å². The van der Waals surface area contributed by atoms with Crippen molar-refractivity contribution in [3.8, 4) is 0 Å². The monoisotopic (exact) mass is 336 g/mol. The molecule has 0 aromatic rings. The maximum atomic E-state index is 6.16. The summed E-state index contributed by atoms with van der Waals surface area (Å²) in [7, 11) is 0. The van der Waals surface area contributed by atoms with E-state index in [0.29, 0.717) is 12.1 Å². The lowest BCUT2D eigenvalue weighted by atomic mass is 9.67. The van der Waals surface area contributed by atoms with E-state index in [4.69, 9.17) is 11.5 Å². The Morgan fingerprint density at radius 3 is 1.50 bits per heavy atom. The molecule has 0 amide bonds. The van der Waals surface area contributed by atoms with Crippen LogP contribution in [0.3, 0.4) is 0 Å². The highest BCUT2D eigenvalue weighted by Gasteiger charge is 2.33. The molecule has 0 heterocycles. The molecule has 0 atom stereocenters. The topological polar surface area (TPSA) is 52.0 Å². The van der Waals surface area contributed by atoms with Crippen molar-refractivity contribution in [3.05, 3.63) is 0 Å². The van der Waals surface area contributed by atoms with Crippen LogP contribution in [0.4, 0.5) is 0 Å². The third-order valence-electron chi connectivity index (χ3n) is 6.99. The molecule has 4 N–H and O–H groups in total. The second-order valence-corrected chi connectivity index (χ2v) is 8.92. The van der Waals surface area contributed by atoms with Crippen LogP contribution in [-0.4, -0.2) is 12.1 Å². The molecule has 0 spiro atoms. The van der Waals surface area contributed by atoms with Gasteiger partial charge in [0.25, 0.3) is 0 Å². The fourth-order valence-corrected chi connectivity index (χ4v) is 5.34. The molecule has 2 heteroatoms. The largest absolute Gasteiger partial charge is 0.328 e. The normalized spacial score (nSPS) is 32.6. The van der Waals surface area contributed by atoms with E-state index in [2.05, 4.69) is 6.92 Å². The zero-order valence-corrected chi connectivity index (χ0v) is 16.4. The maximum absolute atomic E-state index is 6.16. The average molecular weight is 337 g/mol. The molecular weight excluding hydrogens is 292 g/mol. The smallest absolute Gasteiger partial charge is 0.00390 e. The van der Waals surface area contributed by atoms with Gasteiger partial charge in [-0.05, 0) is 75.5 Å². The minimum Gasteiger partial charge on any atom is -0.328 e. The van der Waals surface area contributed by atoms with Gasteiger partial charge < -0.3 is 11.5 Å². The van der Waals surface area contributed by atoms with Crippen molar-refractivity contribution in [1.29, 1.82) is 0 Å². The summed E-state index contributed by atoms with van der Waals surface area (Å²) in [5.41, 5.74) is 12.3. The van der Waals surface area contributed by atoms with Crippen LogP contribution in [0.2, 0.25) is 0 Å². The summed E-state index contributed by atoms with van der Waals surface area (Å²) in [5.74, 6) is 2.90. The highest BCUT2D eigenvalue weighted by atomic mass is 14.6. The molecule has 142 valence electrons. The molecule has 2 fully saturated rings. The standard InChI is InChI=1S/C22H44N2/c1-2-3-4-5-6-7-8-9-22(18-10-14-20(23)15-11-18)19-12-16-21(24)17-13-19/h18-22H,2-17,23-24H2,1H3. The van der Waals surface area contributed by atoms with Crippen molar-refractivity contribution in [1.82, 2.24) is 0 Å². The maximum Gasteiger partial charge on any atom is 0.00390 e. The zero-order chi connectivity index (χ0) is 17.2. The number of nitrogens with two attached hydrogens (primary N) is 2. The number of rotatable bonds is 10. The quantitative estimate of drug-likeness (QED) is 0.497. The Labute approximate surface area is 151 Å². The van der Waals surface area contributed by atoms with Crippen molar-refractivity contribution in [3.63, 3.8) is 0 Å². The highest BCUT2D eigenvalue weighted by Crippen LogP contribution is 2.42. The summed E-state index contributed by atoms with van der Waals surface area (Å²) in [6.07, 6.45) is 22.2. The van der Waals surface area contributed by atoms with E-state index in [1.807, 2.05) is 0 Å². The van der Waals surface area contributed by atoms with Gasteiger partial charge in [0.2, 0.25) is 0 Å². The second-order valence-electron chi connectivity index (χ2n) is 8.92. The fraction of sp³-hybridized carbons (Fsp3) is 1.00. The van der Waals surface area contributed by atoms with Crippen molar-refractivity contribution in [2.45, 2.75) is 122 Å². The lowest BCUT2D eigenvalue weighted by Gasteiger charge is -2.40. The molecule has 0 unspecified atom stereocenters. The molecule has 24 heavy (non-hydrogen) atoms. The average Bonchev–Trinajstić information content (AvgIpc) is 2.60. The van der Waals surface area contributed by atoms with E-state index in [9.17, 15) is 0 Å². The minimum atomic E-state index is 0.486. The molecule has 0 aromatic heterocycles. The number of unbranched alkanes of at least 4 members (excludes halogenated alkanes) is 6. The Kier molecular flexibility index (Phi) is 9.71.